The van der Waals surface area contributed by atoms with Crippen LogP contribution in [0.15, 0.2) is 60.2 Å². The Kier molecular flexibility index (Phi) is 4.72. The van der Waals surface area contributed by atoms with E-state index < -0.39 is 0 Å². The number of rotatable bonds is 3. The average Bonchev–Trinajstić information content (AvgIpc) is 3.17. The van der Waals surface area contributed by atoms with Gasteiger partial charge in [0, 0.05) is 12.0 Å². The second-order valence-electron chi connectivity index (χ2n) is 10.3. The first-order valence-corrected chi connectivity index (χ1v) is 11.2. The van der Waals surface area contributed by atoms with Crippen molar-refractivity contribution in [1.82, 2.24) is 4.90 Å². The molecule has 2 aromatic carbocycles. The molecule has 0 N–H and O–H groups in total. The first-order chi connectivity index (χ1) is 14.4. The molecule has 1 aliphatic carbocycles. The molecule has 0 radical (unpaired) electrons. The minimum atomic E-state index is -0.143. The summed E-state index contributed by atoms with van der Waals surface area (Å²) in [7, 11) is 0. The van der Waals surface area contributed by atoms with E-state index >= 15 is 0 Å². The summed E-state index contributed by atoms with van der Waals surface area (Å²) in [6.07, 6.45) is 6.45. The zero-order chi connectivity index (χ0) is 20.9. The molecule has 30 heavy (non-hydrogen) atoms. The fraction of sp³-hybridized carbons (Fsp3) is 0.444. The van der Waals surface area contributed by atoms with E-state index in [9.17, 15) is 4.79 Å². The third-order valence-electron chi connectivity index (χ3n) is 6.78. The molecule has 0 saturated carbocycles. The van der Waals surface area contributed by atoms with Gasteiger partial charge >= 0.3 is 6.09 Å². The Labute approximate surface area is 179 Å². The van der Waals surface area contributed by atoms with Crippen molar-refractivity contribution in [2.75, 3.05) is 6.61 Å². The predicted molar refractivity (Wildman–Crippen MR) is 120 cm³/mol. The van der Waals surface area contributed by atoms with Crippen LogP contribution in [-0.2, 0) is 4.74 Å². The van der Waals surface area contributed by atoms with Crippen molar-refractivity contribution in [2.24, 2.45) is 5.41 Å². The van der Waals surface area contributed by atoms with E-state index in [1.807, 2.05) is 4.90 Å². The second kappa shape index (κ2) is 7.30. The Morgan fingerprint density at radius 3 is 2.23 bits per heavy atom. The third kappa shape index (κ3) is 3.45. The van der Waals surface area contributed by atoms with Gasteiger partial charge in [-0.25, -0.2) is 4.79 Å². The maximum Gasteiger partial charge on any atom is 0.410 e. The number of nitrogens with zero attached hydrogens (tertiary/aromatic N) is 1. The quantitative estimate of drug-likeness (QED) is 0.547. The first kappa shape index (κ1) is 19.4. The molecule has 156 valence electrons. The van der Waals surface area contributed by atoms with Crippen LogP contribution in [0, 0.1) is 5.41 Å². The molecule has 3 heteroatoms. The van der Waals surface area contributed by atoms with Crippen LogP contribution in [0.4, 0.5) is 4.79 Å². The number of amides is 1. The Hall–Kier alpha value is -2.55. The molecule has 2 aliphatic heterocycles. The number of fused-ring (bicyclic) bond motifs is 5. The van der Waals surface area contributed by atoms with Gasteiger partial charge in [0.05, 0.1) is 6.04 Å². The minimum Gasteiger partial charge on any atom is -0.448 e. The molecule has 0 spiro atoms. The van der Waals surface area contributed by atoms with Crippen molar-refractivity contribution in [1.29, 1.82) is 0 Å². The van der Waals surface area contributed by atoms with Crippen LogP contribution in [0.25, 0.3) is 11.1 Å². The zero-order valence-electron chi connectivity index (χ0n) is 18.2. The lowest BCUT2D eigenvalue weighted by Gasteiger charge is -2.35. The Morgan fingerprint density at radius 2 is 1.63 bits per heavy atom. The van der Waals surface area contributed by atoms with Crippen LogP contribution in [0.5, 0.6) is 0 Å². The van der Waals surface area contributed by atoms with Crippen LogP contribution in [-0.4, -0.2) is 29.7 Å². The van der Waals surface area contributed by atoms with E-state index in [-0.39, 0.29) is 23.5 Å². The van der Waals surface area contributed by atoms with Gasteiger partial charge in [-0.05, 0) is 53.4 Å². The maximum absolute atomic E-state index is 13.1. The second-order valence-corrected chi connectivity index (χ2v) is 10.3. The summed E-state index contributed by atoms with van der Waals surface area (Å²) in [5, 5.41) is 0. The fourth-order valence-electron chi connectivity index (χ4n) is 5.68. The highest BCUT2D eigenvalue weighted by molar-refractivity contribution is 5.79. The SMILES string of the molecule is CC(C)(C)CC1=CC2CCC(C1)N2C(=O)OCC1c2ccccc2-c2ccccc21. The number of benzene rings is 2. The van der Waals surface area contributed by atoms with E-state index in [2.05, 4.69) is 75.4 Å². The fourth-order valence-corrected chi connectivity index (χ4v) is 5.68. The van der Waals surface area contributed by atoms with Gasteiger partial charge in [0.25, 0.3) is 0 Å². The zero-order valence-corrected chi connectivity index (χ0v) is 18.2. The van der Waals surface area contributed by atoms with Crippen molar-refractivity contribution in [3.63, 3.8) is 0 Å². The molecule has 2 atom stereocenters. The molecule has 2 heterocycles. The molecule has 1 amide bonds. The van der Waals surface area contributed by atoms with Crippen LogP contribution in [0.1, 0.15) is 63.5 Å². The molecule has 1 fully saturated rings. The van der Waals surface area contributed by atoms with Crippen molar-refractivity contribution in [3.05, 3.63) is 71.3 Å². The summed E-state index contributed by atoms with van der Waals surface area (Å²) >= 11 is 0. The maximum atomic E-state index is 13.1. The number of hydrogen-bond donors (Lipinski definition) is 0. The van der Waals surface area contributed by atoms with Gasteiger partial charge in [0.2, 0.25) is 0 Å². The highest BCUT2D eigenvalue weighted by atomic mass is 16.6. The Morgan fingerprint density at radius 1 is 1.00 bits per heavy atom. The van der Waals surface area contributed by atoms with Gasteiger partial charge < -0.3 is 4.74 Å². The van der Waals surface area contributed by atoms with Crippen LogP contribution >= 0.6 is 0 Å². The summed E-state index contributed by atoms with van der Waals surface area (Å²) in [6, 6.07) is 17.5. The lowest BCUT2D eigenvalue weighted by atomic mass is 9.84. The van der Waals surface area contributed by atoms with Gasteiger partial charge in [-0.1, -0.05) is 81.0 Å². The molecule has 1 saturated heterocycles. The normalized spacial score (nSPS) is 22.5. The number of ether oxygens (including phenoxy) is 1. The van der Waals surface area contributed by atoms with Crippen molar-refractivity contribution >= 4 is 6.09 Å². The van der Waals surface area contributed by atoms with E-state index in [4.69, 9.17) is 4.74 Å². The third-order valence-corrected chi connectivity index (χ3v) is 6.78. The molecular formula is C27H31NO2. The van der Waals surface area contributed by atoms with E-state index in [0.717, 1.165) is 25.7 Å². The molecule has 0 aromatic heterocycles. The number of carbonyl (C=O) groups excluding carboxylic acids is 1. The lowest BCUT2D eigenvalue weighted by molar-refractivity contribution is 0.0845. The molecule has 2 unspecified atom stereocenters. The summed E-state index contributed by atoms with van der Waals surface area (Å²) in [6.45, 7) is 7.26. The highest BCUT2D eigenvalue weighted by Crippen LogP contribution is 2.45. The summed E-state index contributed by atoms with van der Waals surface area (Å²) in [5.41, 5.74) is 6.86. The largest absolute Gasteiger partial charge is 0.448 e. The molecule has 3 aliphatic rings. The topological polar surface area (TPSA) is 29.5 Å². The van der Waals surface area contributed by atoms with Crippen LogP contribution < -0.4 is 0 Å². The number of carbonyl (C=O) groups is 1. The van der Waals surface area contributed by atoms with Crippen LogP contribution in [0.3, 0.4) is 0 Å². The van der Waals surface area contributed by atoms with Gasteiger partial charge in [-0.2, -0.15) is 0 Å². The van der Waals surface area contributed by atoms with E-state index in [0.29, 0.717) is 12.6 Å². The highest BCUT2D eigenvalue weighted by Gasteiger charge is 2.41. The first-order valence-electron chi connectivity index (χ1n) is 11.2. The monoisotopic (exact) mass is 401 g/mol. The summed E-state index contributed by atoms with van der Waals surface area (Å²) < 4.78 is 5.95. The van der Waals surface area contributed by atoms with Gasteiger partial charge in [-0.3, -0.25) is 4.90 Å². The van der Waals surface area contributed by atoms with Crippen LogP contribution in [0.2, 0.25) is 0 Å². The molecule has 2 aromatic rings. The summed E-state index contributed by atoms with van der Waals surface area (Å²) in [5.74, 6) is 0.121. The Bertz CT molecular complexity index is 954. The predicted octanol–water partition coefficient (Wildman–Crippen LogP) is 6.53. The van der Waals surface area contributed by atoms with Gasteiger partial charge in [0.1, 0.15) is 6.61 Å². The van der Waals surface area contributed by atoms with Crippen molar-refractivity contribution in [2.45, 2.75) is 64.5 Å². The average molecular weight is 402 g/mol. The van der Waals surface area contributed by atoms with E-state index in [1.54, 1.807) is 0 Å². The van der Waals surface area contributed by atoms with Crippen molar-refractivity contribution in [3.8, 4) is 11.1 Å². The van der Waals surface area contributed by atoms with Gasteiger partial charge in [-0.15, -0.1) is 0 Å². The molecule has 5 rings (SSSR count). The van der Waals surface area contributed by atoms with Crippen molar-refractivity contribution < 1.29 is 9.53 Å². The smallest absolute Gasteiger partial charge is 0.410 e. The minimum absolute atomic E-state index is 0.121. The lowest BCUT2D eigenvalue weighted by Crippen LogP contribution is -2.44. The Balaban J connectivity index is 1.31. The molecule has 3 nitrogen and oxygen atoms in total. The van der Waals surface area contributed by atoms with E-state index in [1.165, 1.54) is 27.8 Å². The van der Waals surface area contributed by atoms with Gasteiger partial charge in [0.15, 0.2) is 0 Å². The molecular weight excluding hydrogens is 370 g/mol. The number of hydrogen-bond acceptors (Lipinski definition) is 2. The summed E-state index contributed by atoms with van der Waals surface area (Å²) in [4.78, 5) is 15.1. The molecule has 2 bridgehead atoms. The standard InChI is InChI=1S/C27H31NO2/c1-27(2,3)16-18-14-19-12-13-20(15-18)28(19)26(29)30-17-25-23-10-6-4-8-21(23)22-9-5-7-11-24(22)25/h4-11,14,19-20,25H,12-13,15-17H2,1-3H3.